The predicted molar refractivity (Wildman–Crippen MR) is 84.3 cm³/mol. The number of amides is 1. The van der Waals surface area contributed by atoms with E-state index in [4.69, 9.17) is 9.47 Å². The van der Waals surface area contributed by atoms with E-state index in [9.17, 15) is 4.79 Å². The van der Waals surface area contributed by atoms with Crippen LogP contribution in [0.15, 0.2) is 53.7 Å². The van der Waals surface area contributed by atoms with Gasteiger partial charge in [0.05, 0.1) is 5.03 Å². The first-order valence-corrected chi connectivity index (χ1v) is 8.01. The van der Waals surface area contributed by atoms with Crippen LogP contribution >= 0.6 is 11.8 Å². The molecular weight excluding hydrogens is 300 g/mol. The number of carbonyl (C=O) groups excluding carboxylic acids is 1. The summed E-state index contributed by atoms with van der Waals surface area (Å²) in [5, 5.41) is 3.81. The second-order valence-corrected chi connectivity index (χ2v) is 5.79. The van der Waals surface area contributed by atoms with E-state index in [0.717, 1.165) is 10.8 Å². The van der Waals surface area contributed by atoms with Gasteiger partial charge in [-0.15, -0.1) is 11.8 Å². The van der Waals surface area contributed by atoms with E-state index < -0.39 is 6.10 Å². The molecule has 0 saturated carbocycles. The molecule has 1 N–H and O–H groups in total. The van der Waals surface area contributed by atoms with E-state index in [1.54, 1.807) is 24.0 Å². The van der Waals surface area contributed by atoms with Crippen molar-refractivity contribution in [2.45, 2.75) is 11.1 Å². The summed E-state index contributed by atoms with van der Waals surface area (Å²) in [6.07, 6.45) is 1.15. The van der Waals surface area contributed by atoms with E-state index in [0.29, 0.717) is 18.0 Å². The molecule has 0 saturated heterocycles. The molecule has 2 heterocycles. The molecule has 114 valence electrons. The summed E-state index contributed by atoms with van der Waals surface area (Å²) in [6, 6.07) is 13.1. The molecule has 1 aliphatic heterocycles. The van der Waals surface area contributed by atoms with Crippen molar-refractivity contribution in [2.75, 3.05) is 18.9 Å². The zero-order valence-corrected chi connectivity index (χ0v) is 12.7. The molecule has 0 radical (unpaired) electrons. The fourth-order valence-corrected chi connectivity index (χ4v) is 2.75. The van der Waals surface area contributed by atoms with Crippen molar-refractivity contribution in [3.05, 3.63) is 48.7 Å². The Morgan fingerprint density at radius 2 is 2.05 bits per heavy atom. The average molecular weight is 316 g/mol. The molecule has 0 spiro atoms. The van der Waals surface area contributed by atoms with Crippen LogP contribution in [0.25, 0.3) is 0 Å². The van der Waals surface area contributed by atoms with Crippen molar-refractivity contribution < 1.29 is 14.3 Å². The molecule has 6 heteroatoms. The summed E-state index contributed by atoms with van der Waals surface area (Å²) in [5.41, 5.74) is 0. The van der Waals surface area contributed by atoms with Crippen molar-refractivity contribution in [3.63, 3.8) is 0 Å². The fraction of sp³-hybridized carbons (Fsp3) is 0.250. The van der Waals surface area contributed by atoms with Gasteiger partial charge in [-0.25, -0.2) is 4.98 Å². The Labute approximate surface area is 133 Å². The summed E-state index contributed by atoms with van der Waals surface area (Å²) >= 11 is 1.60. The molecule has 1 aromatic carbocycles. The number of rotatable bonds is 5. The van der Waals surface area contributed by atoms with Crippen molar-refractivity contribution in [2.24, 2.45) is 0 Å². The second kappa shape index (κ2) is 7.17. The zero-order valence-electron chi connectivity index (χ0n) is 11.9. The van der Waals surface area contributed by atoms with E-state index in [-0.39, 0.29) is 12.5 Å². The van der Waals surface area contributed by atoms with Crippen LogP contribution in [0.4, 0.5) is 0 Å². The number of nitrogens with zero attached hydrogens (tertiary/aromatic N) is 1. The number of pyridine rings is 1. The van der Waals surface area contributed by atoms with E-state index in [2.05, 4.69) is 10.3 Å². The van der Waals surface area contributed by atoms with Crippen molar-refractivity contribution in [1.82, 2.24) is 10.3 Å². The number of aromatic nitrogens is 1. The third kappa shape index (κ3) is 3.71. The van der Waals surface area contributed by atoms with Crippen LogP contribution in [0.3, 0.4) is 0 Å². The van der Waals surface area contributed by atoms with Crippen LogP contribution in [-0.2, 0) is 4.79 Å². The van der Waals surface area contributed by atoms with Crippen LogP contribution < -0.4 is 14.8 Å². The van der Waals surface area contributed by atoms with Gasteiger partial charge >= 0.3 is 0 Å². The second-order valence-electron chi connectivity index (χ2n) is 4.67. The Morgan fingerprint density at radius 3 is 2.86 bits per heavy atom. The molecule has 1 atom stereocenters. The van der Waals surface area contributed by atoms with Crippen molar-refractivity contribution in [1.29, 1.82) is 0 Å². The minimum Gasteiger partial charge on any atom is -0.485 e. The number of ether oxygens (including phenoxy) is 2. The van der Waals surface area contributed by atoms with Gasteiger partial charge in [-0.05, 0) is 24.3 Å². The highest BCUT2D eigenvalue weighted by Crippen LogP contribution is 2.30. The average Bonchev–Trinajstić information content (AvgIpc) is 2.59. The first kappa shape index (κ1) is 14.7. The normalized spacial score (nSPS) is 16.1. The Morgan fingerprint density at radius 1 is 1.23 bits per heavy atom. The Kier molecular flexibility index (Phi) is 4.80. The highest BCUT2D eigenvalue weighted by atomic mass is 32.2. The molecule has 2 aromatic rings. The summed E-state index contributed by atoms with van der Waals surface area (Å²) in [6.45, 7) is 0.789. The molecule has 0 bridgehead atoms. The van der Waals surface area contributed by atoms with Gasteiger partial charge < -0.3 is 14.8 Å². The Bertz CT molecular complexity index is 636. The smallest absolute Gasteiger partial charge is 0.264 e. The van der Waals surface area contributed by atoms with Crippen LogP contribution in [-0.4, -0.2) is 35.9 Å². The lowest BCUT2D eigenvalue weighted by molar-refractivity contribution is -0.130. The van der Waals surface area contributed by atoms with Gasteiger partial charge in [-0.3, -0.25) is 4.79 Å². The maximum atomic E-state index is 12.1. The molecule has 1 amide bonds. The number of hydrogen-bond donors (Lipinski definition) is 1. The lowest BCUT2D eigenvalue weighted by Gasteiger charge is -2.25. The molecule has 0 fully saturated rings. The third-order valence-electron chi connectivity index (χ3n) is 3.09. The SMILES string of the molecule is O=C(NCCSc1ccccn1)[C@@H]1COc2ccccc2O1. The van der Waals surface area contributed by atoms with Crippen LogP contribution in [0.5, 0.6) is 11.5 Å². The topological polar surface area (TPSA) is 60.5 Å². The summed E-state index contributed by atoms with van der Waals surface area (Å²) < 4.78 is 11.2. The minimum absolute atomic E-state index is 0.156. The predicted octanol–water partition coefficient (Wildman–Crippen LogP) is 2.13. The number of nitrogens with one attached hydrogen (secondary N) is 1. The number of fused-ring (bicyclic) bond motifs is 1. The van der Waals surface area contributed by atoms with Gasteiger partial charge in [0.25, 0.3) is 5.91 Å². The molecule has 1 aromatic heterocycles. The van der Waals surface area contributed by atoms with Gasteiger partial charge in [-0.2, -0.15) is 0 Å². The summed E-state index contributed by atoms with van der Waals surface area (Å²) in [4.78, 5) is 16.3. The zero-order chi connectivity index (χ0) is 15.2. The maximum absolute atomic E-state index is 12.1. The van der Waals surface area contributed by atoms with Crippen LogP contribution in [0.1, 0.15) is 0 Å². The molecule has 0 unspecified atom stereocenters. The molecule has 1 aliphatic rings. The molecule has 3 rings (SSSR count). The van der Waals surface area contributed by atoms with Crippen LogP contribution in [0.2, 0.25) is 0 Å². The Hall–Kier alpha value is -2.21. The summed E-state index contributed by atoms with van der Waals surface area (Å²) in [5.74, 6) is 1.89. The summed E-state index contributed by atoms with van der Waals surface area (Å²) in [7, 11) is 0. The fourth-order valence-electron chi connectivity index (χ4n) is 2.02. The Balaban J connectivity index is 1.43. The van der Waals surface area contributed by atoms with Gasteiger partial charge in [-0.1, -0.05) is 18.2 Å². The van der Waals surface area contributed by atoms with Gasteiger partial charge in [0.15, 0.2) is 11.5 Å². The third-order valence-corrected chi connectivity index (χ3v) is 4.04. The van der Waals surface area contributed by atoms with E-state index >= 15 is 0 Å². The number of benzene rings is 1. The number of thioether (sulfide) groups is 1. The largest absolute Gasteiger partial charge is 0.485 e. The van der Waals surface area contributed by atoms with Crippen LogP contribution in [0, 0.1) is 0 Å². The minimum atomic E-state index is -0.602. The first-order valence-electron chi connectivity index (χ1n) is 7.03. The molecule has 22 heavy (non-hydrogen) atoms. The van der Waals surface area contributed by atoms with Gasteiger partial charge in [0.2, 0.25) is 6.10 Å². The molecular formula is C16H16N2O3S. The monoisotopic (exact) mass is 316 g/mol. The van der Waals surface area contributed by atoms with E-state index in [1.807, 2.05) is 36.4 Å². The van der Waals surface area contributed by atoms with Gasteiger partial charge in [0.1, 0.15) is 6.61 Å². The number of para-hydroxylation sites is 2. The molecule has 0 aliphatic carbocycles. The number of carbonyl (C=O) groups is 1. The van der Waals surface area contributed by atoms with E-state index in [1.165, 1.54) is 0 Å². The van der Waals surface area contributed by atoms with Crippen molar-refractivity contribution >= 4 is 17.7 Å². The van der Waals surface area contributed by atoms with Crippen molar-refractivity contribution in [3.8, 4) is 11.5 Å². The number of hydrogen-bond acceptors (Lipinski definition) is 5. The first-order chi connectivity index (χ1) is 10.8. The standard InChI is InChI=1S/C16H16N2O3S/c19-16(18-9-10-22-15-7-3-4-8-17-15)14-11-20-12-5-1-2-6-13(12)21-14/h1-8,14H,9-11H2,(H,18,19)/t14-/m0/s1. The quantitative estimate of drug-likeness (QED) is 0.676. The maximum Gasteiger partial charge on any atom is 0.264 e. The highest BCUT2D eigenvalue weighted by molar-refractivity contribution is 7.99. The lowest BCUT2D eigenvalue weighted by Crippen LogP contribution is -2.44. The van der Waals surface area contributed by atoms with Gasteiger partial charge in [0, 0.05) is 18.5 Å². The lowest BCUT2D eigenvalue weighted by atomic mass is 10.2. The highest BCUT2D eigenvalue weighted by Gasteiger charge is 2.26. The molecule has 5 nitrogen and oxygen atoms in total.